The minimum atomic E-state index is -0.364. The van der Waals surface area contributed by atoms with E-state index in [9.17, 15) is 4.39 Å². The van der Waals surface area contributed by atoms with Crippen molar-refractivity contribution >= 4 is 5.96 Å². The summed E-state index contributed by atoms with van der Waals surface area (Å²) >= 11 is 0. The van der Waals surface area contributed by atoms with Gasteiger partial charge in [0.05, 0.1) is 13.2 Å². The van der Waals surface area contributed by atoms with Crippen LogP contribution in [0.15, 0.2) is 53.5 Å². The van der Waals surface area contributed by atoms with E-state index in [0.29, 0.717) is 25.7 Å². The van der Waals surface area contributed by atoms with Crippen molar-refractivity contribution in [3.63, 3.8) is 0 Å². The molecule has 30 heavy (non-hydrogen) atoms. The quantitative estimate of drug-likeness (QED) is 0.334. The van der Waals surface area contributed by atoms with Gasteiger partial charge in [-0.15, -0.1) is 0 Å². The molecular formula is C23H33FN4O2. The molecule has 0 aliphatic rings. The van der Waals surface area contributed by atoms with Gasteiger partial charge in [0, 0.05) is 20.1 Å². The Morgan fingerprint density at radius 3 is 2.50 bits per heavy atom. The van der Waals surface area contributed by atoms with E-state index >= 15 is 0 Å². The second-order valence-electron chi connectivity index (χ2n) is 7.31. The predicted octanol–water partition coefficient (Wildman–Crippen LogP) is 3.29. The smallest absolute Gasteiger partial charge is 0.191 e. The molecule has 0 aliphatic heterocycles. The third-order valence-electron chi connectivity index (χ3n) is 4.35. The first-order valence-corrected chi connectivity index (χ1v) is 10.2. The van der Waals surface area contributed by atoms with Gasteiger partial charge in [0.25, 0.3) is 0 Å². The predicted molar refractivity (Wildman–Crippen MR) is 120 cm³/mol. The van der Waals surface area contributed by atoms with Gasteiger partial charge in [-0.2, -0.15) is 0 Å². The van der Waals surface area contributed by atoms with Crippen LogP contribution in [0.25, 0.3) is 0 Å². The fourth-order valence-electron chi connectivity index (χ4n) is 2.72. The Hall–Kier alpha value is -2.80. The molecule has 7 heteroatoms. The molecule has 0 aliphatic carbocycles. The van der Waals surface area contributed by atoms with E-state index in [-0.39, 0.29) is 17.7 Å². The third kappa shape index (κ3) is 8.69. The summed E-state index contributed by atoms with van der Waals surface area (Å²) in [6.07, 6.45) is 0.779. The highest BCUT2D eigenvalue weighted by atomic mass is 19.1. The summed E-state index contributed by atoms with van der Waals surface area (Å²) in [5, 5.41) is 6.46. The largest absolute Gasteiger partial charge is 0.494 e. The fourth-order valence-corrected chi connectivity index (χ4v) is 2.72. The van der Waals surface area contributed by atoms with Crippen LogP contribution in [0, 0.1) is 5.82 Å². The zero-order chi connectivity index (χ0) is 21.8. The van der Waals surface area contributed by atoms with Crippen molar-refractivity contribution in [1.29, 1.82) is 0 Å². The highest BCUT2D eigenvalue weighted by Gasteiger charge is 2.09. The Morgan fingerprint density at radius 2 is 1.83 bits per heavy atom. The maximum Gasteiger partial charge on any atom is 0.191 e. The maximum atomic E-state index is 13.7. The van der Waals surface area contributed by atoms with Crippen LogP contribution in [0.2, 0.25) is 0 Å². The van der Waals surface area contributed by atoms with Gasteiger partial charge >= 0.3 is 0 Å². The van der Waals surface area contributed by atoms with Gasteiger partial charge in [0.2, 0.25) is 0 Å². The van der Waals surface area contributed by atoms with Crippen molar-refractivity contribution < 1.29 is 13.9 Å². The summed E-state index contributed by atoms with van der Waals surface area (Å²) in [5.41, 5.74) is 1.12. The van der Waals surface area contributed by atoms with Crippen molar-refractivity contribution in [2.75, 3.05) is 40.8 Å². The molecule has 0 bridgehead atoms. The van der Waals surface area contributed by atoms with Gasteiger partial charge < -0.3 is 25.0 Å². The summed E-state index contributed by atoms with van der Waals surface area (Å²) in [7, 11) is 5.82. The van der Waals surface area contributed by atoms with Crippen LogP contribution in [-0.4, -0.2) is 57.8 Å². The second kappa shape index (κ2) is 12.7. The van der Waals surface area contributed by atoms with Gasteiger partial charge in [-0.05, 0) is 57.3 Å². The molecule has 0 saturated heterocycles. The molecular weight excluding hydrogens is 383 g/mol. The SMILES string of the molecule is CN=C(NCc1ccc(OCCCN(C)C)cc1)NCC(C)Oc1ccccc1F. The van der Waals surface area contributed by atoms with Crippen molar-refractivity contribution in [3.05, 3.63) is 59.9 Å². The highest BCUT2D eigenvalue weighted by molar-refractivity contribution is 5.79. The topological polar surface area (TPSA) is 58.1 Å². The number of guanidine groups is 1. The molecule has 1 unspecified atom stereocenters. The summed E-state index contributed by atoms with van der Waals surface area (Å²) in [6.45, 7) is 4.72. The minimum Gasteiger partial charge on any atom is -0.494 e. The molecule has 2 N–H and O–H groups in total. The van der Waals surface area contributed by atoms with Crippen LogP contribution in [0.4, 0.5) is 4.39 Å². The van der Waals surface area contributed by atoms with Crippen molar-refractivity contribution in [2.45, 2.75) is 26.0 Å². The van der Waals surface area contributed by atoms with Crippen LogP contribution in [0.1, 0.15) is 18.9 Å². The van der Waals surface area contributed by atoms with Gasteiger partial charge in [-0.1, -0.05) is 24.3 Å². The van der Waals surface area contributed by atoms with Crippen LogP contribution in [0.3, 0.4) is 0 Å². The molecule has 0 heterocycles. The van der Waals surface area contributed by atoms with Crippen LogP contribution >= 0.6 is 0 Å². The molecule has 2 aromatic rings. The molecule has 6 nitrogen and oxygen atoms in total. The van der Waals surface area contributed by atoms with E-state index < -0.39 is 0 Å². The zero-order valence-electron chi connectivity index (χ0n) is 18.3. The summed E-state index contributed by atoms with van der Waals surface area (Å²) in [5.74, 6) is 1.41. The van der Waals surface area contributed by atoms with Crippen LogP contribution in [0.5, 0.6) is 11.5 Å². The van der Waals surface area contributed by atoms with Crippen molar-refractivity contribution in [3.8, 4) is 11.5 Å². The summed E-state index contributed by atoms with van der Waals surface area (Å²) in [4.78, 5) is 6.36. The summed E-state index contributed by atoms with van der Waals surface area (Å²) < 4.78 is 25.1. The average Bonchev–Trinajstić information content (AvgIpc) is 2.74. The van der Waals surface area contributed by atoms with Crippen LogP contribution < -0.4 is 20.1 Å². The number of aliphatic imine (C=N–C) groups is 1. The molecule has 2 rings (SSSR count). The molecule has 2 aromatic carbocycles. The zero-order valence-corrected chi connectivity index (χ0v) is 18.3. The Labute approximate surface area is 179 Å². The first-order valence-electron chi connectivity index (χ1n) is 10.2. The Kier molecular flexibility index (Phi) is 9.94. The molecule has 0 spiro atoms. The maximum absolute atomic E-state index is 13.7. The molecule has 0 fully saturated rings. The molecule has 0 amide bonds. The Balaban J connectivity index is 1.71. The Bertz CT molecular complexity index is 781. The molecule has 0 radical (unpaired) electrons. The average molecular weight is 417 g/mol. The molecule has 0 saturated carbocycles. The van der Waals surface area contributed by atoms with E-state index in [1.165, 1.54) is 6.07 Å². The monoisotopic (exact) mass is 416 g/mol. The van der Waals surface area contributed by atoms with E-state index in [4.69, 9.17) is 9.47 Å². The number of benzene rings is 2. The first kappa shape index (κ1) is 23.5. The van der Waals surface area contributed by atoms with E-state index in [0.717, 1.165) is 24.3 Å². The number of para-hydroxylation sites is 1. The number of nitrogens with one attached hydrogen (secondary N) is 2. The first-order chi connectivity index (χ1) is 14.5. The van der Waals surface area contributed by atoms with Gasteiger partial charge in [-0.3, -0.25) is 4.99 Å². The lowest BCUT2D eigenvalue weighted by Crippen LogP contribution is -2.41. The minimum absolute atomic E-state index is 0.218. The standard InChI is InChI=1S/C23H33FN4O2/c1-18(30-22-9-6-5-8-21(22)24)16-26-23(25-2)27-17-19-10-12-20(13-11-19)29-15-7-14-28(3)4/h5-6,8-13,18H,7,14-17H2,1-4H3,(H2,25,26,27). The second-order valence-corrected chi connectivity index (χ2v) is 7.31. The number of ether oxygens (including phenoxy) is 2. The van der Waals surface area contributed by atoms with Gasteiger partial charge in [0.1, 0.15) is 11.9 Å². The number of hydrogen-bond donors (Lipinski definition) is 2. The lowest BCUT2D eigenvalue weighted by Gasteiger charge is -2.18. The lowest BCUT2D eigenvalue weighted by molar-refractivity contribution is 0.214. The highest BCUT2D eigenvalue weighted by Crippen LogP contribution is 2.16. The van der Waals surface area contributed by atoms with Crippen molar-refractivity contribution in [1.82, 2.24) is 15.5 Å². The number of hydrogen-bond acceptors (Lipinski definition) is 4. The number of halogens is 1. The van der Waals surface area contributed by atoms with Gasteiger partial charge in [-0.25, -0.2) is 4.39 Å². The lowest BCUT2D eigenvalue weighted by atomic mass is 10.2. The molecule has 1 atom stereocenters. The number of nitrogens with zero attached hydrogens (tertiary/aromatic N) is 2. The summed E-state index contributed by atoms with van der Waals surface area (Å²) in [6, 6.07) is 14.4. The molecule has 0 aromatic heterocycles. The fraction of sp³-hybridized carbons (Fsp3) is 0.435. The van der Waals surface area contributed by atoms with Crippen molar-refractivity contribution in [2.24, 2.45) is 4.99 Å². The number of rotatable bonds is 11. The van der Waals surface area contributed by atoms with Crippen LogP contribution in [-0.2, 0) is 6.54 Å². The van der Waals surface area contributed by atoms with E-state index in [1.807, 2.05) is 31.2 Å². The van der Waals surface area contributed by atoms with E-state index in [1.54, 1.807) is 25.2 Å². The van der Waals surface area contributed by atoms with E-state index in [2.05, 4.69) is 34.6 Å². The normalized spacial score (nSPS) is 12.5. The molecule has 164 valence electrons. The third-order valence-corrected chi connectivity index (χ3v) is 4.35. The Morgan fingerprint density at radius 1 is 1.10 bits per heavy atom. The van der Waals surface area contributed by atoms with Gasteiger partial charge in [0.15, 0.2) is 17.5 Å².